The molecule has 0 spiro atoms. The maximum Gasteiger partial charge on any atom is 0.312 e. The van der Waals surface area contributed by atoms with Crippen LogP contribution in [0.1, 0.15) is 359 Å². The lowest BCUT2D eigenvalue weighted by Gasteiger charge is -2.73. The predicted molar refractivity (Wildman–Crippen MR) is 523 cm³/mol. The van der Waals surface area contributed by atoms with Crippen molar-refractivity contribution in [2.45, 2.75) is 432 Å². The summed E-state index contributed by atoms with van der Waals surface area (Å²) in [4.78, 5) is 26.3. The van der Waals surface area contributed by atoms with Crippen LogP contribution in [-0.4, -0.2) is 102 Å². The van der Waals surface area contributed by atoms with Crippen molar-refractivity contribution < 1.29 is 43.6 Å². The van der Waals surface area contributed by atoms with Gasteiger partial charge in [-0.05, 0) is 398 Å². The fourth-order valence-corrected chi connectivity index (χ4v) is 38.5. The van der Waals surface area contributed by atoms with E-state index in [9.17, 15) is 30.0 Å². The molecule has 33 atom stereocenters. The van der Waals surface area contributed by atoms with E-state index in [1.54, 1.807) is 7.11 Å². The number of fused-ring (bicyclic) bond motifs is 21. The van der Waals surface area contributed by atoms with Gasteiger partial charge in [-0.2, -0.15) is 11.1 Å². The number of esters is 1. The van der Waals surface area contributed by atoms with Crippen LogP contribution in [0.2, 0.25) is 54.4 Å². The monoisotopic (exact) mass is 1780 g/mol. The Kier molecular flexibility index (Phi) is 27.1. The van der Waals surface area contributed by atoms with Crippen molar-refractivity contribution in [1.82, 2.24) is 0 Å². The first-order valence-electron chi connectivity index (χ1n) is 51.0. The minimum absolute atomic E-state index is 0.0276. The molecule has 13 heteroatoms. The molecule has 0 aliphatic heterocycles. The summed E-state index contributed by atoms with van der Waals surface area (Å²) in [7, 11) is -3.73. The van der Waals surface area contributed by atoms with Gasteiger partial charge in [0.05, 0.1) is 44.1 Å². The molecule has 0 radical (unpaired) electrons. The number of halogens is 1. The average Bonchev–Trinajstić information content (AvgIpc) is 1.69. The van der Waals surface area contributed by atoms with E-state index in [2.05, 4.69) is 238 Å². The van der Waals surface area contributed by atoms with Gasteiger partial charge in [-0.3, -0.25) is 4.79 Å². The largest absolute Gasteiger partial charge is 0.469 e. The normalized spacial score (nSPS) is 49.7. The number of hydrogen-bond donors (Lipinski definition) is 4. The summed E-state index contributed by atoms with van der Waals surface area (Å²) in [5.41, 5.74) is 5.29. The second-order valence-corrected chi connectivity index (χ2v) is 71.5. The maximum absolute atomic E-state index is 13.7. The molecule has 15 saturated carbocycles. The first-order chi connectivity index (χ1) is 56.3. The molecule has 4 N–H and O–H groups in total. The Balaban J connectivity index is 0.000000165. The molecule has 9 nitrogen and oxygen atoms in total. The Hall–Kier alpha value is -1.20. The van der Waals surface area contributed by atoms with Crippen molar-refractivity contribution in [3.05, 3.63) is 49.1 Å². The van der Waals surface area contributed by atoms with E-state index in [1.165, 1.54) is 126 Å². The molecule has 0 aromatic carbocycles. The molecule has 0 amide bonds. The smallest absolute Gasteiger partial charge is 0.312 e. The molecule has 123 heavy (non-hydrogen) atoms. The van der Waals surface area contributed by atoms with E-state index in [4.69, 9.17) is 24.7 Å². The van der Waals surface area contributed by atoms with Gasteiger partial charge < -0.3 is 38.8 Å². The summed E-state index contributed by atoms with van der Waals surface area (Å²) in [5.74, 6) is 8.40. The van der Waals surface area contributed by atoms with Gasteiger partial charge in [0.25, 0.3) is 0 Å². The molecule has 0 bridgehead atoms. The molecule has 0 aromatic heterocycles. The number of carbonyl (C=O) groups excluding carboxylic acids is 2. The van der Waals surface area contributed by atoms with Crippen LogP contribution in [0.5, 0.6) is 0 Å². The number of aldehydes is 1. The number of allylic oxidation sites excluding steroid dienone is 4. The van der Waals surface area contributed by atoms with Gasteiger partial charge >= 0.3 is 5.97 Å². The predicted octanol–water partition coefficient (Wildman–Crippen LogP) is 28.8. The second-order valence-electron chi connectivity index (χ2n) is 54.6. The zero-order chi connectivity index (χ0) is 92.1. The first-order valence-corrected chi connectivity index (χ1v) is 60.9. The van der Waals surface area contributed by atoms with Crippen LogP contribution in [-0.2, 0) is 23.2 Å². The van der Waals surface area contributed by atoms with Gasteiger partial charge in [-0.25, -0.2) is 0 Å². The summed E-state index contributed by atoms with van der Waals surface area (Å²) < 4.78 is 20.4. The number of carbonyl (C=O) groups is 2. The summed E-state index contributed by atoms with van der Waals surface area (Å²) in [6.07, 6.45) is 38.1. The lowest BCUT2D eigenvalue weighted by Crippen LogP contribution is -2.68. The summed E-state index contributed by atoms with van der Waals surface area (Å²) in [5, 5.41) is 43.4. The molecular formula is C110H191ClO9Si3. The molecule has 0 saturated heterocycles. The number of methoxy groups -OCH3 is 1. The second kappa shape index (κ2) is 33.1. The molecule has 0 aromatic rings. The van der Waals surface area contributed by atoms with E-state index in [0.29, 0.717) is 104 Å². The standard InChI is InChI=1S/C43H78O4Si2.C31H50O2.C30H48O3.C6H15ClSi/c1-29(2)30-20-25-43(36(44)45-13)27-26-41(11)31(35(30)43)18-19-33-39(9)23-22-34(47-49(16,17)38(6,7)8)40(10,32(39)21-24-42(33,41)12)28-46-48(14,15)37(3,4)5;1-8-31-16-11-21(20(2)3)26(31)22-9-10-24-27(4)14-13-25(33)28(5,19-32)23(27)12-15-30(24,7)29(22,6)17-18-31;1-19(2)20-9-14-30(18-32)16-15-28(5)21(25(20)30)7-8-23-26(3)12-11-24(33)27(4,17-31)22(26)10-13-29(23,28)6;1-6(2,3)8(4,5)7/h30-35H,1,18-28H2,2-17H3;8,21-26,32-33H,1-2,9-19H2,3-7H3;18,20-25,31,33H,1,7-17H2,2-6H3;1-5H3/t30-,31?,32?,33?,34-,35?,39-,40-,41+,42+,43-;21-,22?,23?,24?,25-,26?,27-,28-,29+,30+,31+;20-,21?,22?,23?,24-,25?,26-,27-,28+,29+,30+;/m000./s1. The van der Waals surface area contributed by atoms with Gasteiger partial charge in [0, 0.05) is 28.3 Å². The van der Waals surface area contributed by atoms with Gasteiger partial charge in [-0.1, -0.05) is 201 Å². The van der Waals surface area contributed by atoms with Gasteiger partial charge in [0.2, 0.25) is 0 Å². The van der Waals surface area contributed by atoms with Crippen LogP contribution < -0.4 is 0 Å². The average molecular weight is 1780 g/mol. The van der Waals surface area contributed by atoms with E-state index in [-0.39, 0.29) is 106 Å². The van der Waals surface area contributed by atoms with Gasteiger partial charge in [0.15, 0.2) is 24.0 Å². The van der Waals surface area contributed by atoms with Crippen molar-refractivity contribution in [3.63, 3.8) is 0 Å². The van der Waals surface area contributed by atoms with Crippen LogP contribution in [0, 0.1) is 170 Å². The number of hydrogen-bond acceptors (Lipinski definition) is 9. The lowest BCUT2D eigenvalue weighted by atomic mass is 9.32. The molecule has 704 valence electrons. The Labute approximate surface area is 763 Å². The molecule has 15 aliphatic rings. The van der Waals surface area contributed by atoms with Crippen LogP contribution in [0.25, 0.3) is 0 Å². The van der Waals surface area contributed by atoms with Crippen LogP contribution in [0.15, 0.2) is 49.1 Å². The van der Waals surface area contributed by atoms with Crippen LogP contribution >= 0.6 is 11.1 Å². The molecule has 12 unspecified atom stereocenters. The number of aliphatic hydroxyl groups excluding tert-OH is 4. The number of ether oxygens (including phenoxy) is 1. The van der Waals surface area contributed by atoms with E-state index in [1.807, 2.05) is 0 Å². The van der Waals surface area contributed by atoms with Crippen molar-refractivity contribution >= 4 is 47.4 Å². The van der Waals surface area contributed by atoms with Gasteiger partial charge in [0.1, 0.15) is 6.29 Å². The summed E-state index contributed by atoms with van der Waals surface area (Å²) in [6.45, 7) is 91.1. The van der Waals surface area contributed by atoms with Crippen molar-refractivity contribution in [2.75, 3.05) is 26.9 Å². The Bertz CT molecular complexity index is 3770. The fraction of sp³-hybridized carbons (Fsp3) is 0.909. The lowest BCUT2D eigenvalue weighted by molar-refractivity contribution is -0.252. The minimum Gasteiger partial charge on any atom is -0.469 e. The first kappa shape index (κ1) is 101. The highest BCUT2D eigenvalue weighted by atomic mass is 35.6. The third-order valence-corrected chi connectivity index (χ3v) is 61.4. The molecular weight excluding hydrogens is 1580 g/mol. The number of aliphatic hydroxyl groups is 4. The Morgan fingerprint density at radius 1 is 0.415 bits per heavy atom. The van der Waals surface area contributed by atoms with E-state index >= 15 is 0 Å². The Morgan fingerprint density at radius 2 is 0.756 bits per heavy atom. The van der Waals surface area contributed by atoms with Crippen molar-refractivity contribution in [2.24, 2.45) is 170 Å². The third kappa shape index (κ3) is 15.0. The molecule has 0 heterocycles. The van der Waals surface area contributed by atoms with E-state index < -0.39 is 30.1 Å². The topological polar surface area (TPSA) is 143 Å². The molecule has 15 aliphatic carbocycles. The fourth-order valence-electron chi connectivity index (χ4n) is 36.0. The number of rotatable bonds is 13. The van der Waals surface area contributed by atoms with Crippen LogP contribution in [0.4, 0.5) is 0 Å². The zero-order valence-corrected chi connectivity index (χ0v) is 89.2. The maximum atomic E-state index is 13.7. The molecule has 15 fully saturated rings. The van der Waals surface area contributed by atoms with Crippen LogP contribution in [0.3, 0.4) is 0 Å². The zero-order valence-electron chi connectivity index (χ0n) is 85.4. The highest BCUT2D eigenvalue weighted by molar-refractivity contribution is 7.20. The SMILES string of the molecule is C=C(C)[C@@H]1CC[C@]2(C(=O)OC)CC[C@]3(C)C(CCC4[C@@]5(C)CC[C@H](O[Si](C)(C)C(C)(C)C)[C@@](C)(CO[Si](C)(C)C(C)(C)C)C5CC[C@]43C)C12.C=C(C)[C@@H]1CC[C@]2(C=O)CC[C@]3(C)C(CCC4[C@@]5(C)CC[C@H](O)[C@@](C)(CO)C5CC[C@]43C)C12.C=C[C@]12CC[C@@H](C(=C)C)C1C1CCC3[C@@]4(C)CC[C@H](O)[C@@](C)(CO)C4CC[C@@]3(C)[C@]1(C)CC2.CC(C)(C)[Si](C)(C)Cl. The third-order valence-electron chi connectivity index (χ3n) is 47.1. The highest BCUT2D eigenvalue weighted by Crippen LogP contribution is 2.83. The summed E-state index contributed by atoms with van der Waals surface area (Å²) in [6, 6.07) is 0. The Morgan fingerprint density at radius 3 is 1.11 bits per heavy atom. The molecule has 15 rings (SSSR count). The minimum atomic E-state index is -2.00. The quantitative estimate of drug-likeness (QED) is 0.0466. The summed E-state index contributed by atoms with van der Waals surface area (Å²) >= 11 is 6.15. The van der Waals surface area contributed by atoms with Gasteiger partial charge in [-0.15, -0.1) is 6.58 Å². The van der Waals surface area contributed by atoms with Crippen molar-refractivity contribution in [3.8, 4) is 0 Å². The van der Waals surface area contributed by atoms with E-state index in [0.717, 1.165) is 102 Å². The highest BCUT2D eigenvalue weighted by Gasteiger charge is 2.77. The van der Waals surface area contributed by atoms with Crippen molar-refractivity contribution in [1.29, 1.82) is 0 Å².